The molecule has 2 atom stereocenters. The molecule has 3 heteroatoms. The van der Waals surface area contributed by atoms with E-state index in [2.05, 4.69) is 52.0 Å². The van der Waals surface area contributed by atoms with Crippen LogP contribution in [-0.4, -0.2) is 30.3 Å². The van der Waals surface area contributed by atoms with E-state index in [0.29, 0.717) is 5.78 Å². The van der Waals surface area contributed by atoms with E-state index in [-0.39, 0.29) is 11.8 Å². The molecule has 1 fully saturated rings. The van der Waals surface area contributed by atoms with Crippen LogP contribution in [0.15, 0.2) is 59.1 Å². The third kappa shape index (κ3) is 3.16. The van der Waals surface area contributed by atoms with Crippen molar-refractivity contribution in [2.45, 2.75) is 18.8 Å². The van der Waals surface area contributed by atoms with Crippen molar-refractivity contribution in [3.05, 3.63) is 70.2 Å². The molecular formula is C19H20BrNO. The summed E-state index contributed by atoms with van der Waals surface area (Å²) < 4.78 is 1.03. The minimum Gasteiger partial charge on any atom is -0.302 e. The van der Waals surface area contributed by atoms with Gasteiger partial charge in [0.15, 0.2) is 0 Å². The van der Waals surface area contributed by atoms with Gasteiger partial charge in [0.2, 0.25) is 0 Å². The third-order valence-electron chi connectivity index (χ3n) is 4.47. The molecule has 1 heterocycles. The van der Waals surface area contributed by atoms with Gasteiger partial charge in [-0.05, 0) is 29.8 Å². The van der Waals surface area contributed by atoms with E-state index in [4.69, 9.17) is 0 Å². The second-order valence-corrected chi connectivity index (χ2v) is 6.74. The van der Waals surface area contributed by atoms with Crippen LogP contribution >= 0.6 is 15.9 Å². The molecule has 0 radical (unpaired) electrons. The van der Waals surface area contributed by atoms with E-state index < -0.39 is 0 Å². The van der Waals surface area contributed by atoms with Gasteiger partial charge in [-0.15, -0.1) is 0 Å². The molecule has 1 aliphatic heterocycles. The summed E-state index contributed by atoms with van der Waals surface area (Å²) in [6.45, 7) is 4.77. The maximum Gasteiger partial charge on any atom is 0.150 e. The molecule has 2 aromatic rings. The Morgan fingerprint density at radius 1 is 1.00 bits per heavy atom. The number of benzene rings is 2. The van der Waals surface area contributed by atoms with Crippen molar-refractivity contribution in [1.29, 1.82) is 0 Å². The van der Waals surface area contributed by atoms with Crippen LogP contribution in [0.3, 0.4) is 0 Å². The maximum absolute atomic E-state index is 13.1. The molecule has 0 bridgehead atoms. The standard InChI is InChI=1S/C19H20BrNO/c1-2-21-12-17(14-7-4-3-5-8-14)19(22)18(13-21)15-9-6-10-16(20)11-15/h3-11,17-18H,2,12-13H2,1H3. The number of hydrogen-bond donors (Lipinski definition) is 0. The topological polar surface area (TPSA) is 20.3 Å². The van der Waals surface area contributed by atoms with Crippen molar-refractivity contribution in [2.75, 3.05) is 19.6 Å². The van der Waals surface area contributed by atoms with Gasteiger partial charge in [-0.25, -0.2) is 0 Å². The second-order valence-electron chi connectivity index (χ2n) is 5.83. The highest BCUT2D eigenvalue weighted by atomic mass is 79.9. The highest BCUT2D eigenvalue weighted by Crippen LogP contribution is 2.33. The number of likely N-dealkylation sites (N-methyl/N-ethyl adjacent to an activating group) is 1. The maximum atomic E-state index is 13.1. The predicted octanol–water partition coefficient (Wildman–Crippen LogP) is 4.22. The van der Waals surface area contributed by atoms with Gasteiger partial charge in [0.1, 0.15) is 5.78 Å². The van der Waals surface area contributed by atoms with Crippen LogP contribution in [0, 0.1) is 0 Å². The molecule has 2 nitrogen and oxygen atoms in total. The smallest absolute Gasteiger partial charge is 0.150 e. The number of Topliss-reactive ketones (excluding diaryl/α,β-unsaturated/α-hetero) is 1. The molecule has 0 spiro atoms. The SMILES string of the molecule is CCN1CC(c2ccccc2)C(=O)C(c2cccc(Br)c2)C1. The van der Waals surface area contributed by atoms with Gasteiger partial charge in [0, 0.05) is 17.6 Å². The molecule has 0 N–H and O–H groups in total. The number of carbonyl (C=O) groups excluding carboxylic acids is 1. The summed E-state index contributed by atoms with van der Waals surface area (Å²) in [5, 5.41) is 0. The molecule has 1 aliphatic rings. The first-order chi connectivity index (χ1) is 10.7. The van der Waals surface area contributed by atoms with Crippen molar-refractivity contribution in [3.63, 3.8) is 0 Å². The molecule has 2 unspecified atom stereocenters. The lowest BCUT2D eigenvalue weighted by Gasteiger charge is -2.36. The van der Waals surface area contributed by atoms with Crippen molar-refractivity contribution >= 4 is 21.7 Å². The van der Waals surface area contributed by atoms with Gasteiger partial charge in [0.25, 0.3) is 0 Å². The first-order valence-corrected chi connectivity index (χ1v) is 8.55. The van der Waals surface area contributed by atoms with E-state index in [0.717, 1.165) is 35.2 Å². The number of nitrogens with zero attached hydrogens (tertiary/aromatic N) is 1. The normalized spacial score (nSPS) is 22.7. The lowest BCUT2D eigenvalue weighted by atomic mass is 9.80. The summed E-state index contributed by atoms with van der Waals surface area (Å²) in [6.07, 6.45) is 0. The summed E-state index contributed by atoms with van der Waals surface area (Å²) in [5.41, 5.74) is 2.24. The first kappa shape index (κ1) is 15.4. The van der Waals surface area contributed by atoms with E-state index in [1.54, 1.807) is 0 Å². The fourth-order valence-electron chi connectivity index (χ4n) is 3.22. The van der Waals surface area contributed by atoms with Crippen LogP contribution in [-0.2, 0) is 4.79 Å². The van der Waals surface area contributed by atoms with Crippen molar-refractivity contribution in [3.8, 4) is 0 Å². The first-order valence-electron chi connectivity index (χ1n) is 7.75. The molecular weight excluding hydrogens is 338 g/mol. The molecule has 3 rings (SSSR count). The van der Waals surface area contributed by atoms with E-state index in [9.17, 15) is 4.79 Å². The van der Waals surface area contributed by atoms with Gasteiger partial charge in [-0.1, -0.05) is 65.3 Å². The summed E-state index contributed by atoms with van der Waals surface area (Å²) in [6, 6.07) is 18.3. The second kappa shape index (κ2) is 6.76. The largest absolute Gasteiger partial charge is 0.302 e. The van der Waals surface area contributed by atoms with Gasteiger partial charge >= 0.3 is 0 Å². The van der Waals surface area contributed by atoms with Gasteiger partial charge in [-0.3, -0.25) is 4.79 Å². The zero-order valence-corrected chi connectivity index (χ0v) is 14.3. The van der Waals surface area contributed by atoms with Crippen LogP contribution < -0.4 is 0 Å². The number of rotatable bonds is 3. The number of piperidine rings is 1. The lowest BCUT2D eigenvalue weighted by molar-refractivity contribution is -0.125. The Bertz CT molecular complexity index is 655. The Morgan fingerprint density at radius 2 is 1.64 bits per heavy atom. The average Bonchev–Trinajstić information content (AvgIpc) is 2.56. The zero-order chi connectivity index (χ0) is 15.5. The van der Waals surface area contributed by atoms with E-state index in [1.165, 1.54) is 0 Å². The minimum absolute atomic E-state index is 0.0288. The summed E-state index contributed by atoms with van der Waals surface area (Å²) in [4.78, 5) is 15.4. The number of hydrogen-bond acceptors (Lipinski definition) is 2. The van der Waals surface area contributed by atoms with Crippen LogP contribution in [0.2, 0.25) is 0 Å². The molecule has 0 amide bonds. The van der Waals surface area contributed by atoms with Crippen molar-refractivity contribution in [2.24, 2.45) is 0 Å². The molecule has 1 saturated heterocycles. The molecule has 0 aliphatic carbocycles. The van der Waals surface area contributed by atoms with E-state index >= 15 is 0 Å². The Labute approximate surface area is 140 Å². The fraction of sp³-hybridized carbons (Fsp3) is 0.316. The van der Waals surface area contributed by atoms with Gasteiger partial charge in [-0.2, -0.15) is 0 Å². The number of ketones is 1. The van der Waals surface area contributed by atoms with Crippen molar-refractivity contribution in [1.82, 2.24) is 4.90 Å². The van der Waals surface area contributed by atoms with E-state index in [1.807, 2.05) is 30.3 Å². The molecule has 2 aromatic carbocycles. The number of carbonyl (C=O) groups is 1. The van der Waals surface area contributed by atoms with Crippen LogP contribution in [0.1, 0.15) is 29.9 Å². The molecule has 22 heavy (non-hydrogen) atoms. The minimum atomic E-state index is -0.0450. The highest BCUT2D eigenvalue weighted by Gasteiger charge is 2.36. The molecule has 0 saturated carbocycles. The average molecular weight is 358 g/mol. The van der Waals surface area contributed by atoms with Crippen LogP contribution in [0.4, 0.5) is 0 Å². The Hall–Kier alpha value is -1.45. The summed E-state index contributed by atoms with van der Waals surface area (Å²) in [7, 11) is 0. The molecule has 0 aromatic heterocycles. The van der Waals surface area contributed by atoms with Crippen LogP contribution in [0.5, 0.6) is 0 Å². The van der Waals surface area contributed by atoms with Gasteiger partial charge < -0.3 is 4.90 Å². The quantitative estimate of drug-likeness (QED) is 0.819. The zero-order valence-electron chi connectivity index (χ0n) is 12.7. The molecule has 114 valence electrons. The Kier molecular flexibility index (Phi) is 4.74. The number of likely N-dealkylation sites (tertiary alicyclic amines) is 1. The Balaban J connectivity index is 1.95. The summed E-state index contributed by atoms with van der Waals surface area (Å²) in [5.74, 6) is 0.268. The third-order valence-corrected chi connectivity index (χ3v) is 4.96. The van der Waals surface area contributed by atoms with Gasteiger partial charge in [0.05, 0.1) is 11.8 Å². The summed E-state index contributed by atoms with van der Waals surface area (Å²) >= 11 is 3.52. The predicted molar refractivity (Wildman–Crippen MR) is 93.2 cm³/mol. The Morgan fingerprint density at radius 3 is 2.27 bits per heavy atom. The lowest BCUT2D eigenvalue weighted by Crippen LogP contribution is -2.44. The fourth-order valence-corrected chi connectivity index (χ4v) is 3.64. The number of halogens is 1. The van der Waals surface area contributed by atoms with Crippen molar-refractivity contribution < 1.29 is 4.79 Å². The monoisotopic (exact) mass is 357 g/mol. The van der Waals surface area contributed by atoms with Crippen LogP contribution in [0.25, 0.3) is 0 Å². The highest BCUT2D eigenvalue weighted by molar-refractivity contribution is 9.10.